The van der Waals surface area contributed by atoms with Crippen LogP contribution in [0.25, 0.3) is 0 Å². The lowest BCUT2D eigenvalue weighted by Crippen LogP contribution is -2.35. The number of ether oxygens (including phenoxy) is 1. The number of allylic oxidation sites excluding steroid dienone is 1. The zero-order valence-electron chi connectivity index (χ0n) is 10.1. The molecule has 1 rings (SSSR count). The van der Waals surface area contributed by atoms with Gasteiger partial charge in [0, 0.05) is 12.0 Å². The minimum Gasteiger partial charge on any atom is -0.434 e. The standard InChI is InChI=1S/C14H17NO2S/c1-3-7-11-8-5-6-9-12(11)14(16,10-4-2)17-13(15)18/h3-6,8-9,16H,1-2,7,10H2,(H2,15,18). The average Bonchev–Trinajstić information content (AvgIpc) is 2.29. The summed E-state index contributed by atoms with van der Waals surface area (Å²) < 4.78 is 5.21. The number of hydrogen-bond acceptors (Lipinski definition) is 3. The number of hydrogen-bond donors (Lipinski definition) is 2. The highest BCUT2D eigenvalue weighted by atomic mass is 32.1. The monoisotopic (exact) mass is 263 g/mol. The van der Waals surface area contributed by atoms with Crippen molar-refractivity contribution in [3.05, 3.63) is 60.7 Å². The van der Waals surface area contributed by atoms with Crippen molar-refractivity contribution in [1.82, 2.24) is 0 Å². The van der Waals surface area contributed by atoms with Gasteiger partial charge in [-0.2, -0.15) is 0 Å². The summed E-state index contributed by atoms with van der Waals surface area (Å²) >= 11 is 4.71. The highest BCUT2D eigenvalue weighted by Gasteiger charge is 2.32. The molecule has 3 N–H and O–H groups in total. The van der Waals surface area contributed by atoms with Crippen molar-refractivity contribution in [3.8, 4) is 0 Å². The molecule has 0 saturated heterocycles. The third-order valence-corrected chi connectivity index (χ3v) is 2.58. The van der Waals surface area contributed by atoms with E-state index in [1.807, 2.05) is 18.2 Å². The molecule has 4 heteroatoms. The third-order valence-electron chi connectivity index (χ3n) is 2.49. The van der Waals surface area contributed by atoms with Crippen molar-refractivity contribution in [3.63, 3.8) is 0 Å². The minimum absolute atomic E-state index is 0.193. The molecule has 1 atom stereocenters. The van der Waals surface area contributed by atoms with E-state index in [-0.39, 0.29) is 11.6 Å². The molecule has 0 aliphatic heterocycles. The summed E-state index contributed by atoms with van der Waals surface area (Å²) in [6.45, 7) is 7.30. The number of aliphatic hydroxyl groups is 1. The van der Waals surface area contributed by atoms with Gasteiger partial charge in [-0.25, -0.2) is 0 Å². The van der Waals surface area contributed by atoms with Crippen LogP contribution in [-0.4, -0.2) is 10.3 Å². The summed E-state index contributed by atoms with van der Waals surface area (Å²) in [5.41, 5.74) is 6.90. The summed E-state index contributed by atoms with van der Waals surface area (Å²) in [5.74, 6) is -1.58. The van der Waals surface area contributed by atoms with Gasteiger partial charge < -0.3 is 15.6 Å². The Hall–Kier alpha value is -1.65. The van der Waals surface area contributed by atoms with E-state index in [1.54, 1.807) is 18.2 Å². The van der Waals surface area contributed by atoms with Crippen LogP contribution in [0.15, 0.2) is 49.6 Å². The summed E-state index contributed by atoms with van der Waals surface area (Å²) in [4.78, 5) is 0. The first-order chi connectivity index (χ1) is 8.53. The summed E-state index contributed by atoms with van der Waals surface area (Å²) in [6, 6.07) is 7.38. The molecule has 0 saturated carbocycles. The van der Waals surface area contributed by atoms with E-state index in [2.05, 4.69) is 13.2 Å². The first-order valence-electron chi connectivity index (χ1n) is 5.54. The normalized spacial score (nSPS) is 13.4. The third kappa shape index (κ3) is 3.42. The molecule has 3 nitrogen and oxygen atoms in total. The molecule has 0 heterocycles. The highest BCUT2D eigenvalue weighted by molar-refractivity contribution is 7.80. The molecular formula is C14H17NO2S. The Kier molecular flexibility index (Phi) is 5.07. The van der Waals surface area contributed by atoms with E-state index < -0.39 is 5.79 Å². The average molecular weight is 263 g/mol. The van der Waals surface area contributed by atoms with Gasteiger partial charge in [-0.3, -0.25) is 0 Å². The van der Waals surface area contributed by atoms with Crippen molar-refractivity contribution in [2.45, 2.75) is 18.6 Å². The Labute approximate surface area is 113 Å². The van der Waals surface area contributed by atoms with Gasteiger partial charge in [0.25, 0.3) is 5.17 Å². The number of nitrogens with two attached hydrogens (primary N) is 1. The van der Waals surface area contributed by atoms with Crippen molar-refractivity contribution in [2.75, 3.05) is 0 Å². The van der Waals surface area contributed by atoms with E-state index >= 15 is 0 Å². The topological polar surface area (TPSA) is 55.5 Å². The maximum Gasteiger partial charge on any atom is 0.256 e. The van der Waals surface area contributed by atoms with Gasteiger partial charge in [0.1, 0.15) is 0 Å². The molecule has 0 bridgehead atoms. The molecule has 0 aliphatic rings. The van der Waals surface area contributed by atoms with Gasteiger partial charge in [-0.05, 0) is 24.2 Å². The Morgan fingerprint density at radius 1 is 1.39 bits per heavy atom. The largest absolute Gasteiger partial charge is 0.434 e. The first-order valence-corrected chi connectivity index (χ1v) is 5.95. The second-order valence-electron chi connectivity index (χ2n) is 3.85. The van der Waals surface area contributed by atoms with Crippen LogP contribution in [0.4, 0.5) is 0 Å². The molecule has 0 amide bonds. The molecule has 0 aromatic heterocycles. The van der Waals surface area contributed by atoms with Gasteiger partial charge in [0.2, 0.25) is 5.79 Å². The molecule has 96 valence electrons. The van der Waals surface area contributed by atoms with Crippen LogP contribution in [0, 0.1) is 0 Å². The Morgan fingerprint density at radius 3 is 2.61 bits per heavy atom. The molecule has 0 radical (unpaired) electrons. The zero-order chi connectivity index (χ0) is 13.6. The lowest BCUT2D eigenvalue weighted by molar-refractivity contribution is -0.152. The van der Waals surface area contributed by atoms with Crippen LogP contribution >= 0.6 is 12.2 Å². The predicted molar refractivity (Wildman–Crippen MR) is 76.9 cm³/mol. The molecule has 0 aliphatic carbocycles. The number of rotatable bonds is 6. The Bertz CT molecular complexity index is 459. The highest BCUT2D eigenvalue weighted by Crippen LogP contribution is 2.30. The lowest BCUT2D eigenvalue weighted by atomic mass is 9.95. The minimum atomic E-state index is -1.58. The maximum atomic E-state index is 10.6. The second kappa shape index (κ2) is 6.33. The Balaban J connectivity index is 3.23. The van der Waals surface area contributed by atoms with Crippen LogP contribution in [0.5, 0.6) is 0 Å². The van der Waals surface area contributed by atoms with E-state index in [9.17, 15) is 5.11 Å². The van der Waals surface area contributed by atoms with Crippen LogP contribution in [-0.2, 0) is 16.9 Å². The van der Waals surface area contributed by atoms with Gasteiger partial charge in [-0.1, -0.05) is 36.4 Å². The number of thiocarbonyl (C=S) groups is 1. The molecule has 0 fully saturated rings. The van der Waals surface area contributed by atoms with E-state index in [4.69, 9.17) is 22.7 Å². The van der Waals surface area contributed by atoms with Crippen molar-refractivity contribution >= 4 is 17.4 Å². The van der Waals surface area contributed by atoms with Crippen LogP contribution in [0.3, 0.4) is 0 Å². The predicted octanol–water partition coefficient (Wildman–Crippen LogP) is 2.40. The van der Waals surface area contributed by atoms with E-state index in [0.29, 0.717) is 12.0 Å². The van der Waals surface area contributed by atoms with Crippen molar-refractivity contribution in [2.24, 2.45) is 5.73 Å². The van der Waals surface area contributed by atoms with Crippen molar-refractivity contribution < 1.29 is 9.84 Å². The SMILES string of the molecule is C=CCc1ccccc1C(O)(CC=C)OC(N)=S. The van der Waals surface area contributed by atoms with Gasteiger partial charge in [0.05, 0.1) is 0 Å². The quantitative estimate of drug-likeness (QED) is 0.470. The number of benzene rings is 1. The molecular weight excluding hydrogens is 246 g/mol. The molecule has 1 unspecified atom stereocenters. The fourth-order valence-electron chi connectivity index (χ4n) is 1.80. The summed E-state index contributed by atoms with van der Waals surface area (Å²) in [7, 11) is 0. The Morgan fingerprint density at radius 2 is 2.06 bits per heavy atom. The van der Waals surface area contributed by atoms with Crippen LogP contribution < -0.4 is 5.73 Å². The summed E-state index contributed by atoms with van der Waals surface area (Å²) in [6.07, 6.45) is 4.13. The van der Waals surface area contributed by atoms with Gasteiger partial charge >= 0.3 is 0 Å². The van der Waals surface area contributed by atoms with E-state index in [0.717, 1.165) is 5.56 Å². The fourth-order valence-corrected chi connectivity index (χ4v) is 1.94. The fraction of sp³-hybridized carbons (Fsp3) is 0.214. The maximum absolute atomic E-state index is 10.6. The van der Waals surface area contributed by atoms with Crippen LogP contribution in [0.2, 0.25) is 0 Å². The smallest absolute Gasteiger partial charge is 0.256 e. The summed E-state index contributed by atoms with van der Waals surface area (Å²) in [5, 5.41) is 10.4. The van der Waals surface area contributed by atoms with Crippen molar-refractivity contribution in [1.29, 1.82) is 0 Å². The molecule has 0 spiro atoms. The molecule has 1 aromatic rings. The zero-order valence-corrected chi connectivity index (χ0v) is 11.0. The lowest BCUT2D eigenvalue weighted by Gasteiger charge is -2.29. The first kappa shape index (κ1) is 14.4. The van der Waals surface area contributed by atoms with Gasteiger partial charge in [0.15, 0.2) is 0 Å². The van der Waals surface area contributed by atoms with Gasteiger partial charge in [-0.15, -0.1) is 13.2 Å². The van der Waals surface area contributed by atoms with E-state index in [1.165, 1.54) is 0 Å². The van der Waals surface area contributed by atoms with Crippen LogP contribution in [0.1, 0.15) is 17.5 Å². The molecule has 18 heavy (non-hydrogen) atoms. The molecule has 1 aromatic carbocycles. The second-order valence-corrected chi connectivity index (χ2v) is 4.25.